The highest BCUT2D eigenvalue weighted by molar-refractivity contribution is 6.43. The van der Waals surface area contributed by atoms with Crippen LogP contribution >= 0.6 is 23.2 Å². The first-order valence-corrected chi connectivity index (χ1v) is 9.90. The Morgan fingerprint density at radius 3 is 2.70 bits per heavy atom. The summed E-state index contributed by atoms with van der Waals surface area (Å²) in [5.74, 6) is -0.0835. The van der Waals surface area contributed by atoms with Crippen LogP contribution in [-0.4, -0.2) is 41.2 Å². The molecule has 1 aliphatic rings. The maximum atomic E-state index is 12.1. The van der Waals surface area contributed by atoms with Crippen LogP contribution in [0.15, 0.2) is 29.4 Å². The first kappa shape index (κ1) is 19.9. The average Bonchev–Trinajstić information content (AvgIpc) is 2.92. The number of amides is 1. The van der Waals surface area contributed by atoms with Gasteiger partial charge in [-0.3, -0.25) is 9.69 Å². The summed E-state index contributed by atoms with van der Waals surface area (Å²) in [6.45, 7) is 6.35. The molecule has 0 bridgehead atoms. The fourth-order valence-corrected chi connectivity index (χ4v) is 3.86. The summed E-state index contributed by atoms with van der Waals surface area (Å²) in [5, 5.41) is 5.16. The number of carbonyl (C=O) groups is 1. The van der Waals surface area contributed by atoms with Crippen molar-refractivity contribution >= 4 is 35.3 Å². The summed E-state index contributed by atoms with van der Waals surface area (Å²) >= 11 is 12.5. The Morgan fingerprint density at radius 1 is 1.22 bits per heavy atom. The van der Waals surface area contributed by atoms with Crippen molar-refractivity contribution in [3.8, 4) is 5.69 Å². The first-order chi connectivity index (χ1) is 13.0. The predicted molar refractivity (Wildman–Crippen MR) is 111 cm³/mol. The summed E-state index contributed by atoms with van der Waals surface area (Å²) in [7, 11) is 0. The van der Waals surface area contributed by atoms with Crippen LogP contribution in [0.25, 0.3) is 5.69 Å². The zero-order valence-electron chi connectivity index (χ0n) is 15.6. The zero-order chi connectivity index (χ0) is 19.4. The number of benzene rings is 1. The van der Waals surface area contributed by atoms with E-state index in [-0.39, 0.29) is 5.91 Å². The minimum atomic E-state index is -0.0835. The monoisotopic (exact) mass is 406 g/mol. The molecule has 1 N–H and O–H groups in total. The van der Waals surface area contributed by atoms with E-state index in [2.05, 4.69) is 15.4 Å². The van der Waals surface area contributed by atoms with Crippen molar-refractivity contribution in [2.45, 2.75) is 33.1 Å². The molecule has 2 heterocycles. The Morgan fingerprint density at radius 2 is 1.96 bits per heavy atom. The molecule has 1 fully saturated rings. The van der Waals surface area contributed by atoms with Gasteiger partial charge in [-0.2, -0.15) is 5.10 Å². The van der Waals surface area contributed by atoms with Gasteiger partial charge in [0.2, 0.25) is 0 Å². The molecule has 3 rings (SSSR count). The molecule has 1 amide bonds. The van der Waals surface area contributed by atoms with E-state index in [4.69, 9.17) is 23.2 Å². The summed E-state index contributed by atoms with van der Waals surface area (Å²) in [6.07, 6.45) is 5.25. The zero-order valence-corrected chi connectivity index (χ0v) is 17.1. The van der Waals surface area contributed by atoms with Crippen LogP contribution in [0, 0.1) is 13.8 Å². The summed E-state index contributed by atoms with van der Waals surface area (Å²) in [6, 6.07) is 7.57. The summed E-state index contributed by atoms with van der Waals surface area (Å²) < 4.78 is 2.03. The third-order valence-corrected chi connectivity index (χ3v) is 5.66. The molecule has 27 heavy (non-hydrogen) atoms. The molecule has 1 aromatic carbocycles. The van der Waals surface area contributed by atoms with Crippen LogP contribution in [-0.2, 0) is 4.79 Å². The Balaban J connectivity index is 1.70. The fraction of sp³-hybridized carbons (Fsp3) is 0.400. The number of piperidine rings is 1. The van der Waals surface area contributed by atoms with E-state index in [1.165, 1.54) is 6.42 Å². The van der Waals surface area contributed by atoms with Gasteiger partial charge in [-0.1, -0.05) is 35.7 Å². The molecular formula is C20H24Cl2N4O. The third-order valence-electron chi connectivity index (χ3n) is 4.85. The number of rotatable bonds is 5. The Bertz CT molecular complexity index is 854. The van der Waals surface area contributed by atoms with Gasteiger partial charge in [0.25, 0.3) is 5.91 Å². The molecule has 0 unspecified atom stereocenters. The molecule has 1 aliphatic heterocycles. The van der Waals surface area contributed by atoms with Crippen molar-refractivity contribution in [2.75, 3.05) is 19.6 Å². The Kier molecular flexibility index (Phi) is 6.58. The van der Waals surface area contributed by atoms with Gasteiger partial charge in [0.15, 0.2) is 0 Å². The maximum absolute atomic E-state index is 12.1. The lowest BCUT2D eigenvalue weighted by atomic mass is 10.1. The number of nitrogens with one attached hydrogen (secondary N) is 1. The SMILES string of the molecule is Cc1cc(/C=N/NC(=O)CN2CCCCC2)c(C)n1-c1cccc(Cl)c1Cl. The molecule has 1 saturated heterocycles. The molecule has 0 atom stereocenters. The highest BCUT2D eigenvalue weighted by Crippen LogP contribution is 2.31. The minimum absolute atomic E-state index is 0.0835. The topological polar surface area (TPSA) is 49.6 Å². The van der Waals surface area contributed by atoms with Gasteiger partial charge in [-0.05, 0) is 58.0 Å². The van der Waals surface area contributed by atoms with Crippen LogP contribution in [0.2, 0.25) is 10.0 Å². The fourth-order valence-electron chi connectivity index (χ4n) is 3.48. The lowest BCUT2D eigenvalue weighted by molar-refractivity contribution is -0.122. The molecule has 0 aliphatic carbocycles. The number of nitrogens with zero attached hydrogens (tertiary/aromatic N) is 3. The minimum Gasteiger partial charge on any atom is -0.316 e. The van der Waals surface area contributed by atoms with Crippen LogP contribution < -0.4 is 5.43 Å². The Labute approximate surface area is 169 Å². The van der Waals surface area contributed by atoms with E-state index in [1.54, 1.807) is 12.3 Å². The van der Waals surface area contributed by atoms with Crippen molar-refractivity contribution in [1.82, 2.24) is 14.9 Å². The largest absolute Gasteiger partial charge is 0.316 e. The maximum Gasteiger partial charge on any atom is 0.254 e. The standard InChI is InChI=1S/C20H24Cl2N4O/c1-14-11-16(12-23-24-19(27)13-25-9-4-3-5-10-25)15(2)26(14)18-8-6-7-17(21)20(18)22/h6-8,11-12H,3-5,9-10,13H2,1-2H3,(H,24,27)/b23-12+. The van der Waals surface area contributed by atoms with Gasteiger partial charge < -0.3 is 4.57 Å². The van der Waals surface area contributed by atoms with E-state index < -0.39 is 0 Å². The number of carbonyl (C=O) groups excluding carboxylic acids is 1. The summed E-state index contributed by atoms with van der Waals surface area (Å²) in [4.78, 5) is 14.2. The van der Waals surface area contributed by atoms with E-state index >= 15 is 0 Å². The lowest BCUT2D eigenvalue weighted by Gasteiger charge is -2.25. The molecule has 0 spiro atoms. The number of hydrogen-bond acceptors (Lipinski definition) is 3. The van der Waals surface area contributed by atoms with Gasteiger partial charge in [0, 0.05) is 17.0 Å². The second-order valence-electron chi connectivity index (χ2n) is 6.86. The number of hydrogen-bond donors (Lipinski definition) is 1. The molecule has 144 valence electrons. The van der Waals surface area contributed by atoms with Crippen LogP contribution in [0.4, 0.5) is 0 Å². The normalized spacial score (nSPS) is 15.4. The van der Waals surface area contributed by atoms with Crippen LogP contribution in [0.3, 0.4) is 0 Å². The number of halogens is 2. The lowest BCUT2D eigenvalue weighted by Crippen LogP contribution is -2.38. The molecule has 0 radical (unpaired) electrons. The van der Waals surface area contributed by atoms with Crippen molar-refractivity contribution in [3.05, 3.63) is 51.3 Å². The van der Waals surface area contributed by atoms with Crippen LogP contribution in [0.5, 0.6) is 0 Å². The van der Waals surface area contributed by atoms with Crippen molar-refractivity contribution < 1.29 is 4.79 Å². The van der Waals surface area contributed by atoms with E-state index in [1.807, 2.05) is 36.6 Å². The number of likely N-dealkylation sites (tertiary alicyclic amines) is 1. The van der Waals surface area contributed by atoms with Gasteiger partial charge in [0.1, 0.15) is 0 Å². The van der Waals surface area contributed by atoms with Gasteiger partial charge >= 0.3 is 0 Å². The van der Waals surface area contributed by atoms with E-state index in [9.17, 15) is 4.79 Å². The first-order valence-electron chi connectivity index (χ1n) is 9.15. The second kappa shape index (κ2) is 8.91. The number of aryl methyl sites for hydroxylation is 1. The molecular weight excluding hydrogens is 383 g/mol. The average molecular weight is 407 g/mol. The predicted octanol–water partition coefficient (Wildman–Crippen LogP) is 4.34. The van der Waals surface area contributed by atoms with Crippen molar-refractivity contribution in [3.63, 3.8) is 0 Å². The Hall–Kier alpha value is -1.82. The molecule has 0 saturated carbocycles. The summed E-state index contributed by atoms with van der Waals surface area (Å²) in [5.41, 5.74) is 6.36. The van der Waals surface area contributed by atoms with Gasteiger partial charge in [-0.25, -0.2) is 5.43 Å². The number of aromatic nitrogens is 1. The smallest absolute Gasteiger partial charge is 0.254 e. The highest BCUT2D eigenvalue weighted by atomic mass is 35.5. The highest BCUT2D eigenvalue weighted by Gasteiger charge is 2.15. The number of hydrazone groups is 1. The quantitative estimate of drug-likeness (QED) is 0.592. The van der Waals surface area contributed by atoms with E-state index in [0.29, 0.717) is 16.6 Å². The van der Waals surface area contributed by atoms with Crippen molar-refractivity contribution in [2.24, 2.45) is 5.10 Å². The van der Waals surface area contributed by atoms with E-state index in [0.717, 1.165) is 48.6 Å². The van der Waals surface area contributed by atoms with Gasteiger partial charge in [0.05, 0.1) is 28.5 Å². The molecule has 2 aromatic rings. The van der Waals surface area contributed by atoms with Crippen molar-refractivity contribution in [1.29, 1.82) is 0 Å². The van der Waals surface area contributed by atoms with Crippen LogP contribution in [0.1, 0.15) is 36.2 Å². The molecule has 5 nitrogen and oxygen atoms in total. The molecule has 1 aromatic heterocycles. The molecule has 7 heteroatoms. The third kappa shape index (κ3) is 4.72. The second-order valence-corrected chi connectivity index (χ2v) is 7.65. The van der Waals surface area contributed by atoms with Gasteiger partial charge in [-0.15, -0.1) is 0 Å².